The van der Waals surface area contributed by atoms with Gasteiger partial charge in [-0.25, -0.2) is 9.97 Å². The number of anilines is 3. The molecule has 0 unspecified atom stereocenters. The van der Waals surface area contributed by atoms with Crippen molar-refractivity contribution in [1.29, 1.82) is 5.26 Å². The third kappa shape index (κ3) is 4.18. The van der Waals surface area contributed by atoms with E-state index in [1.807, 2.05) is 37.3 Å². The normalized spacial score (nSPS) is 9.92. The highest BCUT2D eigenvalue weighted by Crippen LogP contribution is 2.15. The van der Waals surface area contributed by atoms with E-state index in [0.717, 1.165) is 11.3 Å². The molecule has 3 aromatic rings. The van der Waals surface area contributed by atoms with Crippen molar-refractivity contribution in [2.24, 2.45) is 0 Å². The van der Waals surface area contributed by atoms with Gasteiger partial charge in [0.25, 0.3) is 5.91 Å². The van der Waals surface area contributed by atoms with Crippen molar-refractivity contribution in [2.45, 2.75) is 6.92 Å². The summed E-state index contributed by atoms with van der Waals surface area (Å²) in [5.41, 5.74) is 3.50. The Morgan fingerprint density at radius 1 is 1.04 bits per heavy atom. The van der Waals surface area contributed by atoms with Crippen LogP contribution in [-0.2, 0) is 0 Å². The summed E-state index contributed by atoms with van der Waals surface area (Å²) < 4.78 is 0. The van der Waals surface area contributed by atoms with Gasteiger partial charge in [0, 0.05) is 23.8 Å². The molecule has 0 fully saturated rings. The van der Waals surface area contributed by atoms with Gasteiger partial charge in [0.15, 0.2) is 0 Å². The first-order chi connectivity index (χ1) is 12.1. The summed E-state index contributed by atoms with van der Waals surface area (Å²) in [4.78, 5) is 20.5. The van der Waals surface area contributed by atoms with Crippen LogP contribution in [0.5, 0.6) is 0 Å². The van der Waals surface area contributed by atoms with Gasteiger partial charge >= 0.3 is 0 Å². The maximum absolute atomic E-state index is 12.2. The molecule has 6 nitrogen and oxygen atoms in total. The number of hydrogen-bond donors (Lipinski definition) is 2. The fraction of sp³-hybridized carbons (Fsp3) is 0.0526. The summed E-state index contributed by atoms with van der Waals surface area (Å²) in [6, 6.07) is 16.5. The van der Waals surface area contributed by atoms with Crippen LogP contribution < -0.4 is 10.6 Å². The van der Waals surface area contributed by atoms with E-state index in [-0.39, 0.29) is 5.91 Å². The molecule has 1 heterocycles. The van der Waals surface area contributed by atoms with Gasteiger partial charge in [-0.15, -0.1) is 0 Å². The average Bonchev–Trinajstić information content (AvgIpc) is 2.63. The Bertz CT molecular complexity index is 927. The zero-order valence-electron chi connectivity index (χ0n) is 13.5. The number of carbonyl (C=O) groups is 1. The van der Waals surface area contributed by atoms with Crippen molar-refractivity contribution in [3.05, 3.63) is 77.6 Å². The number of amides is 1. The van der Waals surface area contributed by atoms with Crippen LogP contribution in [0.4, 0.5) is 17.3 Å². The van der Waals surface area contributed by atoms with Crippen molar-refractivity contribution in [2.75, 3.05) is 10.6 Å². The molecule has 1 amide bonds. The Balaban J connectivity index is 1.66. The van der Waals surface area contributed by atoms with E-state index < -0.39 is 0 Å². The second-order valence-electron chi connectivity index (χ2n) is 5.43. The van der Waals surface area contributed by atoms with Gasteiger partial charge in [-0.2, -0.15) is 5.26 Å². The number of hydrogen-bond acceptors (Lipinski definition) is 5. The lowest BCUT2D eigenvalue weighted by molar-refractivity contribution is 0.102. The SMILES string of the molecule is Cc1cccc(Nc2ncc(C(=O)Nc3ccc(C#N)cc3)cn2)c1. The molecule has 0 saturated heterocycles. The van der Waals surface area contributed by atoms with Crippen LogP contribution in [0.25, 0.3) is 0 Å². The van der Waals surface area contributed by atoms with E-state index in [0.29, 0.717) is 22.8 Å². The predicted molar refractivity (Wildman–Crippen MR) is 95.6 cm³/mol. The molecule has 25 heavy (non-hydrogen) atoms. The lowest BCUT2D eigenvalue weighted by Crippen LogP contribution is -2.13. The molecular formula is C19H15N5O. The number of nitriles is 1. The van der Waals surface area contributed by atoms with E-state index in [1.165, 1.54) is 12.4 Å². The number of aryl methyl sites for hydroxylation is 1. The average molecular weight is 329 g/mol. The summed E-state index contributed by atoms with van der Waals surface area (Å²) in [6.07, 6.45) is 2.92. The maximum Gasteiger partial charge on any atom is 0.258 e. The standard InChI is InChI=1S/C19H15N5O/c1-13-3-2-4-17(9-13)24-19-21-11-15(12-22-19)18(25)23-16-7-5-14(10-20)6-8-16/h2-9,11-12H,1H3,(H,23,25)(H,21,22,24). The van der Waals surface area contributed by atoms with Gasteiger partial charge in [-0.1, -0.05) is 12.1 Å². The molecule has 2 aromatic carbocycles. The molecule has 0 aliphatic heterocycles. The number of benzene rings is 2. The Morgan fingerprint density at radius 3 is 2.40 bits per heavy atom. The van der Waals surface area contributed by atoms with Gasteiger partial charge in [0.05, 0.1) is 17.2 Å². The number of nitrogens with one attached hydrogen (secondary N) is 2. The van der Waals surface area contributed by atoms with Gasteiger partial charge in [0.2, 0.25) is 5.95 Å². The molecule has 0 bridgehead atoms. The molecule has 3 rings (SSSR count). The molecule has 2 N–H and O–H groups in total. The van der Waals surface area contributed by atoms with Crippen molar-refractivity contribution >= 4 is 23.2 Å². The van der Waals surface area contributed by atoms with Crippen molar-refractivity contribution in [1.82, 2.24) is 9.97 Å². The zero-order chi connectivity index (χ0) is 17.6. The van der Waals surface area contributed by atoms with Crippen molar-refractivity contribution in [3.8, 4) is 6.07 Å². The number of aromatic nitrogens is 2. The van der Waals surface area contributed by atoms with Crippen LogP contribution in [0.1, 0.15) is 21.5 Å². The summed E-state index contributed by atoms with van der Waals surface area (Å²) in [5.74, 6) is 0.104. The molecule has 6 heteroatoms. The first-order valence-electron chi connectivity index (χ1n) is 7.61. The second-order valence-corrected chi connectivity index (χ2v) is 5.43. The number of nitrogens with zero attached hydrogens (tertiary/aromatic N) is 3. The summed E-state index contributed by atoms with van der Waals surface area (Å²) in [6.45, 7) is 2.00. The molecule has 1 aromatic heterocycles. The Kier molecular flexibility index (Phi) is 4.67. The maximum atomic E-state index is 12.2. The van der Waals surface area contributed by atoms with E-state index in [4.69, 9.17) is 5.26 Å². The van der Waals surface area contributed by atoms with Crippen LogP contribution in [0.15, 0.2) is 60.9 Å². The fourth-order valence-electron chi connectivity index (χ4n) is 2.19. The van der Waals surface area contributed by atoms with Gasteiger partial charge < -0.3 is 10.6 Å². The Hall–Kier alpha value is -3.72. The minimum absolute atomic E-state index is 0.313. The highest BCUT2D eigenvalue weighted by atomic mass is 16.1. The summed E-state index contributed by atoms with van der Waals surface area (Å²) >= 11 is 0. The highest BCUT2D eigenvalue weighted by molar-refractivity contribution is 6.03. The fourth-order valence-corrected chi connectivity index (χ4v) is 2.19. The lowest BCUT2D eigenvalue weighted by Gasteiger charge is -2.07. The highest BCUT2D eigenvalue weighted by Gasteiger charge is 2.08. The second kappa shape index (κ2) is 7.23. The molecule has 0 aliphatic rings. The minimum atomic E-state index is -0.313. The van der Waals surface area contributed by atoms with Crippen molar-refractivity contribution < 1.29 is 4.79 Å². The predicted octanol–water partition coefficient (Wildman–Crippen LogP) is 3.65. The van der Waals surface area contributed by atoms with Crippen LogP contribution in [0.3, 0.4) is 0 Å². The minimum Gasteiger partial charge on any atom is -0.324 e. The third-order valence-electron chi connectivity index (χ3n) is 3.46. The van der Waals surface area contributed by atoms with E-state index in [2.05, 4.69) is 20.6 Å². The van der Waals surface area contributed by atoms with E-state index >= 15 is 0 Å². The summed E-state index contributed by atoms with van der Waals surface area (Å²) in [5, 5.41) is 14.6. The van der Waals surface area contributed by atoms with Crippen LogP contribution >= 0.6 is 0 Å². The van der Waals surface area contributed by atoms with Crippen LogP contribution in [0.2, 0.25) is 0 Å². The van der Waals surface area contributed by atoms with Crippen LogP contribution in [0, 0.1) is 18.3 Å². The smallest absolute Gasteiger partial charge is 0.258 e. The van der Waals surface area contributed by atoms with Gasteiger partial charge in [-0.05, 0) is 48.9 Å². The topological polar surface area (TPSA) is 90.7 Å². The van der Waals surface area contributed by atoms with Crippen LogP contribution in [-0.4, -0.2) is 15.9 Å². The third-order valence-corrected chi connectivity index (χ3v) is 3.46. The summed E-state index contributed by atoms with van der Waals surface area (Å²) in [7, 11) is 0. The molecule has 0 spiro atoms. The lowest BCUT2D eigenvalue weighted by atomic mass is 10.2. The largest absolute Gasteiger partial charge is 0.324 e. The van der Waals surface area contributed by atoms with E-state index in [1.54, 1.807) is 24.3 Å². The first-order valence-corrected chi connectivity index (χ1v) is 7.61. The number of rotatable bonds is 4. The first kappa shape index (κ1) is 16.1. The quantitative estimate of drug-likeness (QED) is 0.762. The molecule has 122 valence electrons. The monoisotopic (exact) mass is 329 g/mol. The molecule has 0 radical (unpaired) electrons. The Morgan fingerprint density at radius 2 is 1.76 bits per heavy atom. The van der Waals surface area contributed by atoms with Gasteiger partial charge in [0.1, 0.15) is 0 Å². The van der Waals surface area contributed by atoms with E-state index in [9.17, 15) is 4.79 Å². The number of carbonyl (C=O) groups excluding carboxylic acids is 1. The molecular weight excluding hydrogens is 314 g/mol. The van der Waals surface area contributed by atoms with Gasteiger partial charge in [-0.3, -0.25) is 4.79 Å². The zero-order valence-corrected chi connectivity index (χ0v) is 13.5. The molecule has 0 saturated carbocycles. The molecule has 0 atom stereocenters. The Labute approximate surface area is 145 Å². The molecule has 0 aliphatic carbocycles. The van der Waals surface area contributed by atoms with Crippen molar-refractivity contribution in [3.63, 3.8) is 0 Å².